The maximum atomic E-state index is 12.9. The minimum absolute atomic E-state index is 0.0122. The number of hydrogen-bond acceptors (Lipinski definition) is 5. The highest BCUT2D eigenvalue weighted by Crippen LogP contribution is 2.24. The van der Waals surface area contributed by atoms with Gasteiger partial charge in [0.2, 0.25) is 15.9 Å². The predicted octanol–water partition coefficient (Wildman–Crippen LogP) is 1.84. The fourth-order valence-corrected chi connectivity index (χ4v) is 5.51. The van der Waals surface area contributed by atoms with E-state index < -0.39 is 10.0 Å². The summed E-state index contributed by atoms with van der Waals surface area (Å²) in [5.74, 6) is -0.110. The van der Waals surface area contributed by atoms with Crippen LogP contribution in [0.3, 0.4) is 0 Å². The molecule has 2 aliphatic rings. The Morgan fingerprint density at radius 2 is 1.53 bits per heavy atom. The van der Waals surface area contributed by atoms with Crippen LogP contribution in [0.4, 0.5) is 4.79 Å². The van der Waals surface area contributed by atoms with Crippen LogP contribution in [-0.4, -0.2) is 80.4 Å². The first kappa shape index (κ1) is 22.6. The third kappa shape index (κ3) is 5.51. The number of benzene rings is 1. The van der Waals surface area contributed by atoms with Crippen molar-refractivity contribution in [1.29, 1.82) is 0 Å². The van der Waals surface area contributed by atoms with Gasteiger partial charge in [0, 0.05) is 45.2 Å². The van der Waals surface area contributed by atoms with Crippen LogP contribution >= 0.6 is 0 Å². The molecule has 2 saturated heterocycles. The van der Waals surface area contributed by atoms with Crippen LogP contribution in [0.2, 0.25) is 0 Å². The normalized spacial score (nSPS) is 19.0. The van der Waals surface area contributed by atoms with Crippen LogP contribution in [-0.2, 0) is 25.3 Å². The standard InChI is InChI=1S/C21H31N3O5S/c1-3-29-21(26)23-14-12-22(13-15-23)20(25)19-8-10-24(11-9-19)30(27,28)16-18-6-4-17(2)5-7-18/h4-7,19H,3,8-16H2,1-2H3. The summed E-state index contributed by atoms with van der Waals surface area (Å²) in [4.78, 5) is 28.1. The lowest BCUT2D eigenvalue weighted by Gasteiger charge is -2.38. The fraction of sp³-hybridized carbons (Fsp3) is 0.619. The van der Waals surface area contributed by atoms with Crippen LogP contribution in [0.15, 0.2) is 24.3 Å². The van der Waals surface area contributed by atoms with Gasteiger partial charge in [-0.3, -0.25) is 4.79 Å². The van der Waals surface area contributed by atoms with Gasteiger partial charge in [-0.2, -0.15) is 0 Å². The first-order chi connectivity index (χ1) is 14.3. The van der Waals surface area contributed by atoms with Crippen molar-refractivity contribution in [3.8, 4) is 0 Å². The summed E-state index contributed by atoms with van der Waals surface area (Å²) in [7, 11) is -3.40. The van der Waals surface area contributed by atoms with Crippen molar-refractivity contribution < 1.29 is 22.7 Å². The number of carbonyl (C=O) groups is 2. The number of aryl methyl sites for hydroxylation is 1. The molecule has 2 heterocycles. The number of piperazine rings is 1. The van der Waals surface area contributed by atoms with E-state index in [1.807, 2.05) is 31.2 Å². The monoisotopic (exact) mass is 437 g/mol. The molecule has 3 rings (SSSR count). The Bertz CT molecular complexity index is 840. The highest BCUT2D eigenvalue weighted by Gasteiger charge is 2.34. The molecule has 8 nitrogen and oxygen atoms in total. The summed E-state index contributed by atoms with van der Waals surface area (Å²) in [5.41, 5.74) is 1.87. The van der Waals surface area contributed by atoms with Crippen molar-refractivity contribution in [3.63, 3.8) is 0 Å². The van der Waals surface area contributed by atoms with Crippen LogP contribution in [0.5, 0.6) is 0 Å². The topological polar surface area (TPSA) is 87.2 Å². The molecule has 166 valence electrons. The summed E-state index contributed by atoms with van der Waals surface area (Å²) < 4.78 is 32.0. The predicted molar refractivity (Wildman–Crippen MR) is 113 cm³/mol. The van der Waals surface area contributed by atoms with E-state index in [0.717, 1.165) is 11.1 Å². The van der Waals surface area contributed by atoms with Crippen molar-refractivity contribution in [1.82, 2.24) is 14.1 Å². The highest BCUT2D eigenvalue weighted by atomic mass is 32.2. The lowest BCUT2D eigenvalue weighted by molar-refractivity contribution is -0.138. The molecule has 0 saturated carbocycles. The molecule has 1 aromatic rings. The van der Waals surface area contributed by atoms with E-state index in [2.05, 4.69) is 0 Å². The summed E-state index contributed by atoms with van der Waals surface area (Å²) >= 11 is 0. The third-order valence-electron chi connectivity index (χ3n) is 5.78. The lowest BCUT2D eigenvalue weighted by atomic mass is 9.96. The van der Waals surface area contributed by atoms with Gasteiger partial charge >= 0.3 is 6.09 Å². The zero-order valence-electron chi connectivity index (χ0n) is 17.7. The molecule has 0 bridgehead atoms. The van der Waals surface area contributed by atoms with Crippen LogP contribution in [0.25, 0.3) is 0 Å². The average Bonchev–Trinajstić information content (AvgIpc) is 2.75. The van der Waals surface area contributed by atoms with Crippen LogP contribution in [0, 0.1) is 12.8 Å². The first-order valence-electron chi connectivity index (χ1n) is 10.5. The quantitative estimate of drug-likeness (QED) is 0.702. The Balaban J connectivity index is 1.48. The average molecular weight is 438 g/mol. The molecule has 0 unspecified atom stereocenters. The molecule has 0 aliphatic carbocycles. The summed E-state index contributed by atoms with van der Waals surface area (Å²) in [6.45, 7) is 6.72. The third-order valence-corrected chi connectivity index (χ3v) is 7.63. The van der Waals surface area contributed by atoms with Crippen molar-refractivity contribution in [2.45, 2.75) is 32.4 Å². The Hall–Kier alpha value is -2.13. The van der Waals surface area contributed by atoms with Crippen molar-refractivity contribution in [2.24, 2.45) is 5.92 Å². The van der Waals surface area contributed by atoms with Gasteiger partial charge in [-0.25, -0.2) is 17.5 Å². The van der Waals surface area contributed by atoms with Crippen LogP contribution in [0.1, 0.15) is 30.9 Å². The van der Waals surface area contributed by atoms with Gasteiger partial charge in [0.1, 0.15) is 0 Å². The largest absolute Gasteiger partial charge is 0.450 e. The zero-order valence-corrected chi connectivity index (χ0v) is 18.6. The second-order valence-electron chi connectivity index (χ2n) is 7.93. The van der Waals surface area contributed by atoms with Gasteiger partial charge in [-0.15, -0.1) is 0 Å². The molecule has 0 aromatic heterocycles. The minimum atomic E-state index is -3.40. The van der Waals surface area contributed by atoms with Crippen molar-refractivity contribution in [2.75, 3.05) is 45.9 Å². The Labute approximate surface area is 178 Å². The molecule has 1 aromatic carbocycles. The first-order valence-corrected chi connectivity index (χ1v) is 12.1. The van der Waals surface area contributed by atoms with Gasteiger partial charge in [0.05, 0.1) is 12.4 Å². The molecular formula is C21H31N3O5S. The van der Waals surface area contributed by atoms with E-state index in [4.69, 9.17) is 4.74 Å². The van der Waals surface area contributed by atoms with Gasteiger partial charge in [0.25, 0.3) is 0 Å². The molecule has 30 heavy (non-hydrogen) atoms. The van der Waals surface area contributed by atoms with Gasteiger partial charge in [-0.1, -0.05) is 29.8 Å². The Morgan fingerprint density at radius 3 is 2.10 bits per heavy atom. The number of rotatable bonds is 5. The van der Waals surface area contributed by atoms with Crippen LogP contribution < -0.4 is 0 Å². The second-order valence-corrected chi connectivity index (χ2v) is 9.90. The summed E-state index contributed by atoms with van der Waals surface area (Å²) in [5, 5.41) is 0. The number of amides is 2. The van der Waals surface area contributed by atoms with Crippen molar-refractivity contribution >= 4 is 22.0 Å². The smallest absolute Gasteiger partial charge is 0.409 e. The molecule has 0 N–H and O–H groups in total. The van der Waals surface area contributed by atoms with E-state index in [0.29, 0.717) is 58.7 Å². The lowest BCUT2D eigenvalue weighted by Crippen LogP contribution is -2.53. The molecule has 0 atom stereocenters. The second kappa shape index (κ2) is 9.78. The Morgan fingerprint density at radius 1 is 0.967 bits per heavy atom. The van der Waals surface area contributed by atoms with Gasteiger partial charge in [0.15, 0.2) is 0 Å². The molecule has 2 fully saturated rings. The Kier molecular flexibility index (Phi) is 7.36. The minimum Gasteiger partial charge on any atom is -0.450 e. The van der Waals surface area contributed by atoms with E-state index in [1.165, 1.54) is 4.31 Å². The van der Waals surface area contributed by atoms with E-state index in [-0.39, 0.29) is 23.7 Å². The number of carbonyl (C=O) groups excluding carboxylic acids is 2. The number of nitrogens with zero attached hydrogens (tertiary/aromatic N) is 3. The molecule has 0 spiro atoms. The van der Waals surface area contributed by atoms with Gasteiger partial charge in [-0.05, 0) is 32.3 Å². The maximum Gasteiger partial charge on any atom is 0.409 e. The molecular weight excluding hydrogens is 406 g/mol. The highest BCUT2D eigenvalue weighted by molar-refractivity contribution is 7.88. The number of ether oxygens (including phenoxy) is 1. The zero-order chi connectivity index (χ0) is 21.7. The number of piperidine rings is 1. The SMILES string of the molecule is CCOC(=O)N1CCN(C(=O)C2CCN(S(=O)(=O)Cc3ccc(C)cc3)CC2)CC1. The molecule has 9 heteroatoms. The summed E-state index contributed by atoms with van der Waals surface area (Å²) in [6, 6.07) is 7.52. The maximum absolute atomic E-state index is 12.9. The van der Waals surface area contributed by atoms with Crippen molar-refractivity contribution in [3.05, 3.63) is 35.4 Å². The molecule has 2 amide bonds. The van der Waals surface area contributed by atoms with E-state index in [1.54, 1.807) is 16.7 Å². The van der Waals surface area contributed by atoms with E-state index in [9.17, 15) is 18.0 Å². The van der Waals surface area contributed by atoms with Gasteiger partial charge < -0.3 is 14.5 Å². The number of sulfonamides is 1. The molecule has 0 radical (unpaired) electrons. The summed E-state index contributed by atoms with van der Waals surface area (Å²) in [6.07, 6.45) is 0.727. The molecule has 2 aliphatic heterocycles. The van der Waals surface area contributed by atoms with E-state index >= 15 is 0 Å². The number of hydrogen-bond donors (Lipinski definition) is 0. The fourth-order valence-electron chi connectivity index (χ4n) is 3.95.